The van der Waals surface area contributed by atoms with Gasteiger partial charge in [0.25, 0.3) is 5.69 Å². The quantitative estimate of drug-likeness (QED) is 0.413. The van der Waals surface area contributed by atoms with Crippen molar-refractivity contribution in [2.75, 3.05) is 40.3 Å². The zero-order valence-electron chi connectivity index (χ0n) is 18.6. The Hall–Kier alpha value is -3.31. The van der Waals surface area contributed by atoms with E-state index in [1.54, 1.807) is 11.9 Å². The summed E-state index contributed by atoms with van der Waals surface area (Å²) in [7, 11) is -0.767. The van der Waals surface area contributed by atoms with E-state index in [1.165, 1.54) is 19.2 Å². The predicted molar refractivity (Wildman–Crippen MR) is 125 cm³/mol. The highest BCUT2D eigenvalue weighted by atomic mass is 32.2. The molecule has 11 heteroatoms. The van der Waals surface area contributed by atoms with E-state index in [0.717, 1.165) is 46.5 Å². The van der Waals surface area contributed by atoms with E-state index >= 15 is 0 Å². The first-order valence-corrected chi connectivity index (χ1v) is 11.9. The second-order valence-corrected chi connectivity index (χ2v) is 9.79. The predicted octanol–water partition coefficient (Wildman–Crippen LogP) is 1.66. The first-order valence-electron chi connectivity index (χ1n) is 10.5. The van der Waals surface area contributed by atoms with E-state index < -0.39 is 14.9 Å². The van der Waals surface area contributed by atoms with Crippen LogP contribution in [-0.2, 0) is 21.2 Å². The molecule has 0 fully saturated rings. The van der Waals surface area contributed by atoms with Crippen molar-refractivity contribution < 1.29 is 18.1 Å². The van der Waals surface area contributed by atoms with Gasteiger partial charge in [0.05, 0.1) is 16.4 Å². The molecule has 1 aliphatic heterocycles. The number of hydrogen-bond acceptors (Lipinski definition) is 7. The van der Waals surface area contributed by atoms with Gasteiger partial charge in [-0.05, 0) is 24.1 Å². The number of likely N-dealkylation sites (N-methyl/N-ethyl adjacent to an activating group) is 1. The maximum atomic E-state index is 12.6. The molecule has 0 radical (unpaired) electrons. The van der Waals surface area contributed by atoms with Crippen LogP contribution in [0.3, 0.4) is 0 Å². The largest absolute Gasteiger partial charge is 0.368 e. The smallest absolute Gasteiger partial charge is 0.269 e. The first kappa shape index (κ1) is 24.3. The first-order chi connectivity index (χ1) is 15.7. The molecule has 1 amide bonds. The van der Waals surface area contributed by atoms with E-state index in [4.69, 9.17) is 0 Å². The summed E-state index contributed by atoms with van der Waals surface area (Å²) in [6.07, 6.45) is 0.711. The standard InChI is InChI=1S/C22H27N5O5S/c1-25(15-11-17-3-5-18(6-4-17)22-23-13-14-24-22)21(28)12-16-26(2)33(31,32)20-9-7-19(8-10-20)27(29)30/h3-10H,11-16H2,1-2H3,(H,23,24). The summed E-state index contributed by atoms with van der Waals surface area (Å²) >= 11 is 0. The highest BCUT2D eigenvalue weighted by Crippen LogP contribution is 2.19. The van der Waals surface area contributed by atoms with Gasteiger partial charge in [-0.3, -0.25) is 19.9 Å². The van der Waals surface area contributed by atoms with Gasteiger partial charge in [-0.2, -0.15) is 0 Å². The van der Waals surface area contributed by atoms with Gasteiger partial charge in [0.2, 0.25) is 15.9 Å². The lowest BCUT2D eigenvalue weighted by atomic mass is 10.1. The van der Waals surface area contributed by atoms with Crippen LogP contribution >= 0.6 is 0 Å². The van der Waals surface area contributed by atoms with Crippen molar-refractivity contribution in [1.82, 2.24) is 14.5 Å². The van der Waals surface area contributed by atoms with Crippen molar-refractivity contribution in [3.63, 3.8) is 0 Å². The summed E-state index contributed by atoms with van der Waals surface area (Å²) in [4.78, 5) is 28.6. The van der Waals surface area contributed by atoms with Crippen molar-refractivity contribution in [3.8, 4) is 0 Å². The number of amides is 1. The topological polar surface area (TPSA) is 125 Å². The zero-order valence-corrected chi connectivity index (χ0v) is 19.4. The molecule has 0 spiro atoms. The molecule has 0 unspecified atom stereocenters. The zero-order chi connectivity index (χ0) is 24.0. The fourth-order valence-electron chi connectivity index (χ4n) is 3.33. The number of carbonyl (C=O) groups excluding carboxylic acids is 1. The third-order valence-electron chi connectivity index (χ3n) is 5.46. The molecule has 2 aromatic carbocycles. The number of aliphatic imine (C=N–C) groups is 1. The Bertz CT molecular complexity index is 1130. The third-order valence-corrected chi connectivity index (χ3v) is 7.33. The van der Waals surface area contributed by atoms with Gasteiger partial charge >= 0.3 is 0 Å². The van der Waals surface area contributed by atoms with Gasteiger partial charge in [-0.1, -0.05) is 24.3 Å². The Morgan fingerprint density at radius 1 is 1.09 bits per heavy atom. The number of nitrogens with one attached hydrogen (secondary N) is 1. The van der Waals surface area contributed by atoms with Gasteiger partial charge in [0, 0.05) is 57.8 Å². The molecular formula is C22H27N5O5S. The molecule has 10 nitrogen and oxygen atoms in total. The number of hydrogen-bond donors (Lipinski definition) is 1. The molecule has 0 saturated heterocycles. The highest BCUT2D eigenvalue weighted by molar-refractivity contribution is 7.89. The molecule has 0 bridgehead atoms. The lowest BCUT2D eigenvalue weighted by molar-refractivity contribution is -0.384. The van der Waals surface area contributed by atoms with Crippen molar-refractivity contribution in [1.29, 1.82) is 0 Å². The second kappa shape index (κ2) is 10.5. The van der Waals surface area contributed by atoms with E-state index in [0.29, 0.717) is 13.0 Å². The van der Waals surface area contributed by atoms with Crippen LogP contribution in [0.25, 0.3) is 0 Å². The molecule has 1 N–H and O–H groups in total. The normalized spacial score (nSPS) is 13.5. The van der Waals surface area contributed by atoms with Crippen molar-refractivity contribution in [2.45, 2.75) is 17.7 Å². The van der Waals surface area contributed by atoms with Crippen LogP contribution in [0.2, 0.25) is 0 Å². The summed E-state index contributed by atoms with van der Waals surface area (Å²) in [5, 5.41) is 14.0. The Labute approximate surface area is 193 Å². The van der Waals surface area contributed by atoms with Crippen LogP contribution < -0.4 is 5.32 Å². The summed E-state index contributed by atoms with van der Waals surface area (Å²) < 4.78 is 26.4. The maximum absolute atomic E-state index is 12.6. The second-order valence-electron chi connectivity index (χ2n) is 7.75. The van der Waals surface area contributed by atoms with E-state index in [2.05, 4.69) is 10.3 Å². The highest BCUT2D eigenvalue weighted by Gasteiger charge is 2.23. The van der Waals surface area contributed by atoms with Crippen molar-refractivity contribution >= 4 is 27.5 Å². The van der Waals surface area contributed by atoms with Gasteiger partial charge in [-0.25, -0.2) is 12.7 Å². The number of nitrogens with zero attached hydrogens (tertiary/aromatic N) is 4. The van der Waals surface area contributed by atoms with Gasteiger partial charge in [-0.15, -0.1) is 0 Å². The number of sulfonamides is 1. The summed E-state index contributed by atoms with van der Waals surface area (Å²) in [6, 6.07) is 12.7. The summed E-state index contributed by atoms with van der Waals surface area (Å²) in [5.41, 5.74) is 1.94. The number of amidine groups is 1. The van der Waals surface area contributed by atoms with E-state index in [1.807, 2.05) is 24.3 Å². The molecule has 1 heterocycles. The van der Waals surface area contributed by atoms with Crippen molar-refractivity contribution in [2.24, 2.45) is 4.99 Å². The van der Waals surface area contributed by atoms with Crippen LogP contribution in [0.4, 0.5) is 5.69 Å². The number of rotatable bonds is 10. The monoisotopic (exact) mass is 473 g/mol. The molecule has 3 rings (SSSR count). The van der Waals surface area contributed by atoms with E-state index in [-0.39, 0.29) is 29.5 Å². The Kier molecular flexibility index (Phi) is 7.77. The molecule has 1 aliphatic rings. The minimum Gasteiger partial charge on any atom is -0.368 e. The lowest BCUT2D eigenvalue weighted by Gasteiger charge is -2.20. The average Bonchev–Trinajstić information content (AvgIpc) is 3.36. The number of benzene rings is 2. The molecule has 176 valence electrons. The summed E-state index contributed by atoms with van der Waals surface area (Å²) in [6.45, 7) is 2.16. The SMILES string of the molecule is CN(CCc1ccc(C2=NCCN2)cc1)C(=O)CCN(C)S(=O)(=O)c1ccc([N+](=O)[O-])cc1. The lowest BCUT2D eigenvalue weighted by Crippen LogP contribution is -2.34. The third kappa shape index (κ3) is 6.14. The Balaban J connectivity index is 1.48. The maximum Gasteiger partial charge on any atom is 0.269 e. The van der Waals surface area contributed by atoms with Gasteiger partial charge in [0.1, 0.15) is 5.84 Å². The molecule has 0 aromatic heterocycles. The van der Waals surface area contributed by atoms with Crippen LogP contribution in [0, 0.1) is 10.1 Å². The number of nitro groups is 1. The fourth-order valence-corrected chi connectivity index (χ4v) is 4.50. The van der Waals surface area contributed by atoms with Crippen LogP contribution in [0.5, 0.6) is 0 Å². The van der Waals surface area contributed by atoms with Crippen molar-refractivity contribution in [3.05, 3.63) is 69.8 Å². The Morgan fingerprint density at radius 2 is 1.76 bits per heavy atom. The minimum absolute atomic E-state index is 0.00625. The van der Waals surface area contributed by atoms with Gasteiger partial charge < -0.3 is 10.2 Å². The number of carbonyl (C=O) groups is 1. The minimum atomic E-state index is -3.84. The average molecular weight is 474 g/mol. The molecule has 0 atom stereocenters. The molecule has 0 aliphatic carbocycles. The number of nitro benzene ring substituents is 1. The van der Waals surface area contributed by atoms with Crippen LogP contribution in [-0.4, -0.2) is 74.6 Å². The van der Waals surface area contributed by atoms with Crippen LogP contribution in [0.15, 0.2) is 58.4 Å². The Morgan fingerprint density at radius 3 is 2.33 bits per heavy atom. The molecule has 33 heavy (non-hydrogen) atoms. The van der Waals surface area contributed by atoms with Crippen LogP contribution in [0.1, 0.15) is 17.5 Å². The van der Waals surface area contributed by atoms with E-state index in [9.17, 15) is 23.3 Å². The van der Waals surface area contributed by atoms with Gasteiger partial charge in [0.15, 0.2) is 0 Å². The molecule has 0 saturated carbocycles. The molecule has 2 aromatic rings. The fraction of sp³-hybridized carbons (Fsp3) is 0.364. The summed E-state index contributed by atoms with van der Waals surface area (Å²) in [5.74, 6) is 0.739. The number of non-ortho nitro benzene ring substituents is 1. The molecular weight excluding hydrogens is 446 g/mol.